The Morgan fingerprint density at radius 3 is 2.95 bits per heavy atom. The van der Waals surface area contributed by atoms with E-state index in [0.717, 1.165) is 36.4 Å². The van der Waals surface area contributed by atoms with Crippen LogP contribution < -0.4 is 10.6 Å². The number of aromatic nitrogens is 1. The third-order valence-electron chi connectivity index (χ3n) is 4.05. The van der Waals surface area contributed by atoms with Gasteiger partial charge in [0.05, 0.1) is 16.7 Å². The van der Waals surface area contributed by atoms with Gasteiger partial charge in [-0.15, -0.1) is 11.3 Å². The molecule has 1 aliphatic carbocycles. The summed E-state index contributed by atoms with van der Waals surface area (Å²) in [5.74, 6) is 0.698. The minimum Gasteiger partial charge on any atom is -0.335 e. The molecule has 2 amide bonds. The van der Waals surface area contributed by atoms with Crippen LogP contribution in [0.25, 0.3) is 0 Å². The summed E-state index contributed by atoms with van der Waals surface area (Å²) in [6.07, 6.45) is 3.82. The molecule has 1 saturated carbocycles. The van der Waals surface area contributed by atoms with E-state index in [9.17, 15) is 9.00 Å². The van der Waals surface area contributed by atoms with Crippen molar-refractivity contribution in [1.29, 1.82) is 0 Å². The summed E-state index contributed by atoms with van der Waals surface area (Å²) in [5.41, 5.74) is 0.895. The second-order valence-electron chi connectivity index (χ2n) is 5.79. The summed E-state index contributed by atoms with van der Waals surface area (Å²) >= 11 is 1.58. The molecule has 1 aromatic heterocycles. The SMILES string of the molecule is CC[S@](=O)[C@@H]1CCC[C@@H](NC(=O)N[C@H](C)c2csc(C)n2)C1. The predicted octanol–water partition coefficient (Wildman–Crippen LogP) is 2.89. The van der Waals surface area contributed by atoms with Gasteiger partial charge in [-0.1, -0.05) is 13.3 Å². The maximum Gasteiger partial charge on any atom is 0.315 e. The number of hydrogen-bond donors (Lipinski definition) is 2. The molecule has 0 bridgehead atoms. The zero-order valence-electron chi connectivity index (χ0n) is 13.4. The van der Waals surface area contributed by atoms with Gasteiger partial charge in [-0.2, -0.15) is 0 Å². The Labute approximate surface area is 138 Å². The fourth-order valence-corrected chi connectivity index (χ4v) is 4.88. The maximum atomic E-state index is 12.1. The Hall–Kier alpha value is -0.950. The molecule has 0 aromatic carbocycles. The van der Waals surface area contributed by atoms with Crippen molar-refractivity contribution in [3.8, 4) is 0 Å². The van der Waals surface area contributed by atoms with Crippen LogP contribution in [-0.4, -0.2) is 32.3 Å². The number of hydrogen-bond acceptors (Lipinski definition) is 4. The lowest BCUT2D eigenvalue weighted by molar-refractivity contribution is 0.229. The lowest BCUT2D eigenvalue weighted by atomic mass is 9.95. The summed E-state index contributed by atoms with van der Waals surface area (Å²) < 4.78 is 11.9. The van der Waals surface area contributed by atoms with Crippen LogP contribution >= 0.6 is 11.3 Å². The van der Waals surface area contributed by atoms with Gasteiger partial charge in [0, 0.05) is 33.2 Å². The van der Waals surface area contributed by atoms with Crippen LogP contribution in [0.15, 0.2) is 5.38 Å². The average molecular weight is 344 g/mol. The molecule has 1 aromatic rings. The van der Waals surface area contributed by atoms with E-state index in [2.05, 4.69) is 15.6 Å². The van der Waals surface area contributed by atoms with Crippen molar-refractivity contribution >= 4 is 28.2 Å². The summed E-state index contributed by atoms with van der Waals surface area (Å²) in [5, 5.41) is 9.16. The van der Waals surface area contributed by atoms with Crippen LogP contribution in [0, 0.1) is 6.92 Å². The van der Waals surface area contributed by atoms with E-state index in [4.69, 9.17) is 0 Å². The second-order valence-corrected chi connectivity index (χ2v) is 8.85. The standard InChI is InChI=1S/C15H25N3O2S2/c1-4-22(20)13-7-5-6-12(8-13)18-15(19)16-10(2)14-9-21-11(3)17-14/h9-10,12-13H,4-8H2,1-3H3,(H2,16,18,19)/t10-,12-,13-,22+/m1/s1. The van der Waals surface area contributed by atoms with Crippen molar-refractivity contribution in [2.75, 3.05) is 5.75 Å². The highest BCUT2D eigenvalue weighted by Gasteiger charge is 2.26. The van der Waals surface area contributed by atoms with Crippen molar-refractivity contribution < 1.29 is 9.00 Å². The van der Waals surface area contributed by atoms with Crippen LogP contribution in [-0.2, 0) is 10.8 Å². The largest absolute Gasteiger partial charge is 0.335 e. The van der Waals surface area contributed by atoms with Gasteiger partial charge in [0.1, 0.15) is 0 Å². The van der Waals surface area contributed by atoms with E-state index in [1.54, 1.807) is 11.3 Å². The van der Waals surface area contributed by atoms with Gasteiger partial charge in [-0.25, -0.2) is 9.78 Å². The highest BCUT2D eigenvalue weighted by molar-refractivity contribution is 7.85. The minimum absolute atomic E-state index is 0.103. The summed E-state index contributed by atoms with van der Waals surface area (Å²) in [6.45, 7) is 5.85. The van der Waals surface area contributed by atoms with Crippen molar-refractivity contribution in [2.24, 2.45) is 0 Å². The molecule has 2 N–H and O–H groups in total. The second kappa shape index (κ2) is 8.06. The molecule has 124 valence electrons. The van der Waals surface area contributed by atoms with E-state index < -0.39 is 10.8 Å². The Kier molecular flexibility index (Phi) is 6.37. The van der Waals surface area contributed by atoms with E-state index in [-0.39, 0.29) is 23.4 Å². The highest BCUT2D eigenvalue weighted by Crippen LogP contribution is 2.23. The molecular formula is C15H25N3O2S2. The van der Waals surface area contributed by atoms with Gasteiger partial charge in [-0.3, -0.25) is 4.21 Å². The number of carbonyl (C=O) groups is 1. The normalized spacial score (nSPS) is 24.5. The van der Waals surface area contributed by atoms with Gasteiger partial charge in [0.2, 0.25) is 0 Å². The highest BCUT2D eigenvalue weighted by atomic mass is 32.2. The number of rotatable bonds is 5. The Balaban J connectivity index is 1.82. The number of aryl methyl sites for hydroxylation is 1. The van der Waals surface area contributed by atoms with Crippen molar-refractivity contribution in [2.45, 2.75) is 63.8 Å². The van der Waals surface area contributed by atoms with Crippen molar-refractivity contribution in [3.63, 3.8) is 0 Å². The fraction of sp³-hybridized carbons (Fsp3) is 0.733. The number of nitrogens with one attached hydrogen (secondary N) is 2. The zero-order valence-corrected chi connectivity index (χ0v) is 15.1. The molecule has 7 heteroatoms. The smallest absolute Gasteiger partial charge is 0.315 e. The first-order valence-electron chi connectivity index (χ1n) is 7.85. The third kappa shape index (κ3) is 4.78. The first-order chi connectivity index (χ1) is 10.5. The molecule has 0 saturated heterocycles. The summed E-state index contributed by atoms with van der Waals surface area (Å²) in [7, 11) is -0.767. The van der Waals surface area contributed by atoms with Crippen molar-refractivity contribution in [3.05, 3.63) is 16.1 Å². The van der Waals surface area contributed by atoms with Crippen LogP contribution in [0.3, 0.4) is 0 Å². The maximum absolute atomic E-state index is 12.1. The summed E-state index contributed by atoms with van der Waals surface area (Å²) in [6, 6.07) is -0.140. The minimum atomic E-state index is -0.767. The molecule has 1 heterocycles. The fourth-order valence-electron chi connectivity index (χ4n) is 2.83. The molecule has 22 heavy (non-hydrogen) atoms. The lowest BCUT2D eigenvalue weighted by Gasteiger charge is -2.29. The van der Waals surface area contributed by atoms with Gasteiger partial charge in [0.15, 0.2) is 0 Å². The number of nitrogens with zero attached hydrogens (tertiary/aromatic N) is 1. The van der Waals surface area contributed by atoms with Gasteiger partial charge >= 0.3 is 6.03 Å². The molecule has 0 unspecified atom stereocenters. The number of urea groups is 1. The monoisotopic (exact) mass is 343 g/mol. The third-order valence-corrected chi connectivity index (χ3v) is 6.58. The molecule has 0 aliphatic heterocycles. The van der Waals surface area contributed by atoms with Crippen molar-refractivity contribution in [1.82, 2.24) is 15.6 Å². The number of amides is 2. The molecule has 0 spiro atoms. The zero-order chi connectivity index (χ0) is 16.1. The van der Waals surface area contributed by atoms with E-state index >= 15 is 0 Å². The van der Waals surface area contributed by atoms with E-state index in [1.165, 1.54) is 0 Å². The molecule has 1 fully saturated rings. The molecule has 4 atom stereocenters. The van der Waals surface area contributed by atoms with E-state index in [1.807, 2.05) is 26.2 Å². The van der Waals surface area contributed by atoms with Gasteiger partial charge in [0.25, 0.3) is 0 Å². The first-order valence-corrected chi connectivity index (χ1v) is 10.1. The lowest BCUT2D eigenvalue weighted by Crippen LogP contribution is -2.46. The molecule has 1 aliphatic rings. The molecule has 5 nitrogen and oxygen atoms in total. The number of carbonyl (C=O) groups excluding carboxylic acids is 1. The van der Waals surface area contributed by atoms with Crippen LogP contribution in [0.4, 0.5) is 4.79 Å². The first kappa shape index (κ1) is 17.4. The molecule has 0 radical (unpaired) electrons. The number of thiazole rings is 1. The van der Waals surface area contributed by atoms with Crippen LogP contribution in [0.1, 0.15) is 56.3 Å². The van der Waals surface area contributed by atoms with Crippen LogP contribution in [0.5, 0.6) is 0 Å². The quantitative estimate of drug-likeness (QED) is 0.863. The molecular weight excluding hydrogens is 318 g/mol. The summed E-state index contributed by atoms with van der Waals surface area (Å²) in [4.78, 5) is 16.5. The van der Waals surface area contributed by atoms with Gasteiger partial charge in [-0.05, 0) is 33.1 Å². The van der Waals surface area contributed by atoms with Crippen LogP contribution in [0.2, 0.25) is 0 Å². The van der Waals surface area contributed by atoms with Gasteiger partial charge < -0.3 is 10.6 Å². The predicted molar refractivity (Wildman–Crippen MR) is 91.7 cm³/mol. The average Bonchev–Trinajstić information content (AvgIpc) is 2.93. The molecule has 2 rings (SSSR count). The Morgan fingerprint density at radius 2 is 2.32 bits per heavy atom. The van der Waals surface area contributed by atoms with E-state index in [0.29, 0.717) is 5.75 Å². The Bertz CT molecular complexity index is 533. The topological polar surface area (TPSA) is 71.1 Å². The Morgan fingerprint density at radius 1 is 1.55 bits per heavy atom.